The Morgan fingerprint density at radius 1 is 1.26 bits per heavy atom. The maximum absolute atomic E-state index is 12.7. The first-order valence-electron chi connectivity index (χ1n) is 6.32. The van der Waals surface area contributed by atoms with Crippen molar-refractivity contribution in [2.24, 2.45) is 5.73 Å². The van der Waals surface area contributed by atoms with Gasteiger partial charge in [0.1, 0.15) is 5.78 Å². The number of aromatic nitrogens is 1. The number of para-hydroxylation sites is 1. The van der Waals surface area contributed by atoms with Gasteiger partial charge in [0, 0.05) is 22.7 Å². The van der Waals surface area contributed by atoms with Gasteiger partial charge in [0.05, 0.1) is 13.2 Å². The molecule has 3 N–H and O–H groups in total. The van der Waals surface area contributed by atoms with Crippen LogP contribution in [0.1, 0.15) is 25.2 Å². The van der Waals surface area contributed by atoms with E-state index in [0.29, 0.717) is 13.2 Å². The predicted molar refractivity (Wildman–Crippen MR) is 76.1 cm³/mol. The first-order chi connectivity index (χ1) is 9.12. The number of benzene rings is 1. The van der Waals surface area contributed by atoms with Crippen LogP contribution in [0.2, 0.25) is 0 Å². The zero-order chi connectivity index (χ0) is 13.9. The summed E-state index contributed by atoms with van der Waals surface area (Å²) in [7, 11) is -3.35. The molecular formula is C13H19N2O3P. The quantitative estimate of drug-likeness (QED) is 0.796. The Labute approximate surface area is 112 Å². The highest BCUT2D eigenvalue weighted by Crippen LogP contribution is 2.58. The molecule has 0 aliphatic rings. The van der Waals surface area contributed by atoms with Crippen molar-refractivity contribution in [1.29, 1.82) is 0 Å². The summed E-state index contributed by atoms with van der Waals surface area (Å²) in [5, 5.41) is 0.939. The molecule has 1 aromatic heterocycles. The van der Waals surface area contributed by atoms with Gasteiger partial charge in [0.15, 0.2) is 0 Å². The fourth-order valence-corrected chi connectivity index (χ4v) is 3.74. The molecule has 0 bridgehead atoms. The molecule has 0 aliphatic carbocycles. The van der Waals surface area contributed by atoms with Crippen LogP contribution in [-0.4, -0.2) is 18.2 Å². The van der Waals surface area contributed by atoms with Crippen molar-refractivity contribution in [3.63, 3.8) is 0 Å². The van der Waals surface area contributed by atoms with Crippen LogP contribution in [0.3, 0.4) is 0 Å². The fraction of sp³-hybridized carbons (Fsp3) is 0.385. The van der Waals surface area contributed by atoms with Gasteiger partial charge in [0.2, 0.25) is 0 Å². The molecule has 1 aromatic carbocycles. The summed E-state index contributed by atoms with van der Waals surface area (Å²) in [4.78, 5) is 3.11. The maximum Gasteiger partial charge on any atom is 0.351 e. The van der Waals surface area contributed by atoms with E-state index in [-0.39, 0.29) is 0 Å². The number of hydrogen-bond acceptors (Lipinski definition) is 4. The third kappa shape index (κ3) is 2.74. The highest BCUT2D eigenvalue weighted by atomic mass is 31.2. The average molecular weight is 282 g/mol. The van der Waals surface area contributed by atoms with Crippen LogP contribution in [0.25, 0.3) is 10.9 Å². The molecule has 0 amide bonds. The molecule has 0 saturated heterocycles. The zero-order valence-electron chi connectivity index (χ0n) is 11.1. The van der Waals surface area contributed by atoms with Crippen molar-refractivity contribution in [2.75, 3.05) is 13.2 Å². The number of aromatic amines is 1. The van der Waals surface area contributed by atoms with Crippen molar-refractivity contribution in [1.82, 2.24) is 4.98 Å². The van der Waals surface area contributed by atoms with Crippen molar-refractivity contribution in [3.8, 4) is 0 Å². The van der Waals surface area contributed by atoms with Gasteiger partial charge >= 0.3 is 7.60 Å². The van der Waals surface area contributed by atoms with Crippen LogP contribution < -0.4 is 5.73 Å². The number of nitrogens with two attached hydrogens (primary N) is 1. The lowest BCUT2D eigenvalue weighted by Crippen LogP contribution is -2.14. The molecule has 0 radical (unpaired) electrons. The van der Waals surface area contributed by atoms with Gasteiger partial charge in [-0.05, 0) is 19.9 Å². The monoisotopic (exact) mass is 282 g/mol. The van der Waals surface area contributed by atoms with Gasteiger partial charge < -0.3 is 19.8 Å². The Morgan fingerprint density at radius 3 is 2.53 bits per heavy atom. The number of hydrogen-bond donors (Lipinski definition) is 2. The van der Waals surface area contributed by atoms with E-state index in [2.05, 4.69) is 4.98 Å². The topological polar surface area (TPSA) is 77.3 Å². The van der Waals surface area contributed by atoms with Gasteiger partial charge in [0.25, 0.3) is 0 Å². The first kappa shape index (κ1) is 14.3. The molecule has 1 atom stereocenters. The van der Waals surface area contributed by atoms with Crippen molar-refractivity contribution >= 4 is 18.5 Å². The van der Waals surface area contributed by atoms with Crippen LogP contribution in [0.4, 0.5) is 0 Å². The number of H-pyrrole nitrogens is 1. The van der Waals surface area contributed by atoms with E-state index < -0.39 is 13.4 Å². The normalized spacial score (nSPS) is 13.8. The number of fused-ring (bicyclic) bond motifs is 1. The van der Waals surface area contributed by atoms with Crippen LogP contribution in [0.5, 0.6) is 0 Å². The Bertz CT molecular complexity index is 586. The van der Waals surface area contributed by atoms with E-state index in [1.807, 2.05) is 24.3 Å². The van der Waals surface area contributed by atoms with Gasteiger partial charge in [-0.25, -0.2) is 0 Å². The minimum atomic E-state index is -3.35. The van der Waals surface area contributed by atoms with Gasteiger partial charge in [-0.15, -0.1) is 0 Å². The van der Waals surface area contributed by atoms with Crippen LogP contribution in [0, 0.1) is 0 Å². The lowest BCUT2D eigenvalue weighted by molar-refractivity contribution is 0.212. The van der Waals surface area contributed by atoms with Crippen molar-refractivity contribution in [2.45, 2.75) is 19.6 Å². The second kappa shape index (κ2) is 5.88. The third-order valence-electron chi connectivity index (χ3n) is 2.90. The molecule has 6 heteroatoms. The van der Waals surface area contributed by atoms with Crippen LogP contribution >= 0.6 is 7.60 Å². The van der Waals surface area contributed by atoms with E-state index in [1.165, 1.54) is 0 Å². The fourth-order valence-electron chi connectivity index (χ4n) is 2.07. The molecule has 2 aromatic rings. The second-order valence-electron chi connectivity index (χ2n) is 4.11. The number of nitrogens with one attached hydrogen (secondary N) is 1. The Hall–Kier alpha value is -1.13. The Kier molecular flexibility index (Phi) is 4.42. The summed E-state index contributed by atoms with van der Waals surface area (Å²) in [5.74, 6) is -0.788. The first-order valence-corrected chi connectivity index (χ1v) is 7.94. The predicted octanol–water partition coefficient (Wildman–Crippen LogP) is 3.39. The largest absolute Gasteiger partial charge is 0.361 e. The van der Waals surface area contributed by atoms with E-state index in [0.717, 1.165) is 16.5 Å². The standard InChI is InChI=1S/C13H19N2O3P/c1-3-17-19(16,18-4-2)13(14)11-9-15-12-8-6-5-7-10(11)12/h5-9,13,15H,3-4,14H2,1-2H3. The average Bonchev–Trinajstić information content (AvgIpc) is 2.82. The van der Waals surface area contributed by atoms with Crippen LogP contribution in [0.15, 0.2) is 30.5 Å². The highest BCUT2D eigenvalue weighted by molar-refractivity contribution is 7.54. The minimum Gasteiger partial charge on any atom is -0.361 e. The van der Waals surface area contributed by atoms with Gasteiger partial charge in [-0.2, -0.15) is 0 Å². The molecule has 19 heavy (non-hydrogen) atoms. The summed E-state index contributed by atoms with van der Waals surface area (Å²) in [6, 6.07) is 7.72. The Balaban J connectivity index is 2.41. The van der Waals surface area contributed by atoms with Crippen molar-refractivity contribution < 1.29 is 13.6 Å². The summed E-state index contributed by atoms with van der Waals surface area (Å²) >= 11 is 0. The molecule has 104 valence electrons. The summed E-state index contributed by atoms with van der Waals surface area (Å²) < 4.78 is 23.3. The molecule has 2 rings (SSSR count). The van der Waals surface area contributed by atoms with Crippen molar-refractivity contribution in [3.05, 3.63) is 36.0 Å². The summed E-state index contributed by atoms with van der Waals surface area (Å²) in [6.07, 6.45) is 1.76. The summed E-state index contributed by atoms with van der Waals surface area (Å²) in [5.41, 5.74) is 7.83. The lowest BCUT2D eigenvalue weighted by atomic mass is 10.2. The Morgan fingerprint density at radius 2 is 1.89 bits per heavy atom. The summed E-state index contributed by atoms with van der Waals surface area (Å²) in [6.45, 7) is 4.14. The minimum absolute atomic E-state index is 0.299. The molecule has 1 unspecified atom stereocenters. The SMILES string of the molecule is CCOP(=O)(OCC)C(N)c1c[nH]c2ccccc12. The molecule has 1 heterocycles. The number of rotatable bonds is 6. The van der Waals surface area contributed by atoms with E-state index >= 15 is 0 Å². The third-order valence-corrected chi connectivity index (χ3v) is 5.09. The van der Waals surface area contributed by atoms with Gasteiger partial charge in [-0.1, -0.05) is 18.2 Å². The maximum atomic E-state index is 12.7. The zero-order valence-corrected chi connectivity index (χ0v) is 12.0. The second-order valence-corrected chi connectivity index (χ2v) is 6.26. The van der Waals surface area contributed by atoms with E-state index in [1.54, 1.807) is 20.0 Å². The van der Waals surface area contributed by atoms with Gasteiger partial charge in [-0.3, -0.25) is 4.57 Å². The lowest BCUT2D eigenvalue weighted by Gasteiger charge is -2.22. The molecule has 0 fully saturated rings. The van der Waals surface area contributed by atoms with E-state index in [4.69, 9.17) is 14.8 Å². The molecule has 5 nitrogen and oxygen atoms in total. The van der Waals surface area contributed by atoms with E-state index in [9.17, 15) is 4.57 Å². The highest BCUT2D eigenvalue weighted by Gasteiger charge is 2.35. The molecule has 0 saturated carbocycles. The molecule has 0 aliphatic heterocycles. The van der Waals surface area contributed by atoms with Crippen LogP contribution in [-0.2, 0) is 13.6 Å². The molecular weight excluding hydrogens is 263 g/mol. The smallest absolute Gasteiger partial charge is 0.351 e. The molecule has 0 spiro atoms.